The maximum atomic E-state index is 13.2. The lowest BCUT2D eigenvalue weighted by Crippen LogP contribution is -2.38. The van der Waals surface area contributed by atoms with Crippen molar-refractivity contribution in [2.45, 2.75) is 31.1 Å². The Labute approximate surface area is 168 Å². The number of carbonyl (C=O) groups excluding carboxylic acids is 2. The number of Topliss-reactive ketones (excluding diaryl/α,β-unsaturated/α-hetero) is 1. The zero-order chi connectivity index (χ0) is 20.0. The van der Waals surface area contributed by atoms with E-state index >= 15 is 0 Å². The van der Waals surface area contributed by atoms with E-state index in [1.165, 1.54) is 0 Å². The summed E-state index contributed by atoms with van der Waals surface area (Å²) >= 11 is 0. The Morgan fingerprint density at radius 1 is 0.931 bits per heavy atom. The van der Waals surface area contributed by atoms with Crippen LogP contribution >= 0.6 is 0 Å². The topological polar surface area (TPSA) is 73.9 Å². The van der Waals surface area contributed by atoms with Gasteiger partial charge in [0.1, 0.15) is 5.75 Å². The average molecular weight is 391 g/mol. The molecular formula is C23H21NO5. The van der Waals surface area contributed by atoms with Gasteiger partial charge in [0.15, 0.2) is 17.3 Å². The summed E-state index contributed by atoms with van der Waals surface area (Å²) in [6.07, 6.45) is 1.33. The molecule has 2 heterocycles. The van der Waals surface area contributed by atoms with Gasteiger partial charge < -0.3 is 19.5 Å². The number of carbonyl (C=O) groups is 2. The molecule has 0 aromatic heterocycles. The maximum absolute atomic E-state index is 13.2. The van der Waals surface area contributed by atoms with Gasteiger partial charge in [-0.05, 0) is 47.7 Å². The molecule has 2 atom stereocenters. The van der Waals surface area contributed by atoms with Crippen LogP contribution in [0.1, 0.15) is 42.2 Å². The highest BCUT2D eigenvalue weighted by atomic mass is 16.7. The second kappa shape index (κ2) is 6.95. The van der Waals surface area contributed by atoms with Crippen LogP contribution in [0.15, 0.2) is 53.7 Å². The third kappa shape index (κ3) is 3.14. The smallest absolute Gasteiger partial charge is 0.231 e. The summed E-state index contributed by atoms with van der Waals surface area (Å²) in [5.74, 6) is 1.96. The minimum atomic E-state index is -0.252. The first-order valence-electron chi connectivity index (χ1n) is 9.72. The second-order valence-electron chi connectivity index (χ2n) is 7.61. The molecule has 2 aromatic carbocycles. The fraction of sp³-hybridized carbons (Fsp3) is 0.304. The lowest BCUT2D eigenvalue weighted by atomic mass is 9.73. The van der Waals surface area contributed by atoms with Crippen LogP contribution in [0.5, 0.6) is 17.2 Å². The van der Waals surface area contributed by atoms with Crippen LogP contribution < -0.4 is 19.5 Å². The van der Waals surface area contributed by atoms with Gasteiger partial charge in [0.05, 0.1) is 7.11 Å². The van der Waals surface area contributed by atoms with Crippen molar-refractivity contribution in [3.63, 3.8) is 0 Å². The Bertz CT molecular complexity index is 1020. The van der Waals surface area contributed by atoms with E-state index in [-0.39, 0.29) is 36.7 Å². The number of nitrogens with one attached hydrogen (secondary N) is 1. The summed E-state index contributed by atoms with van der Waals surface area (Å²) in [7, 11) is 1.63. The van der Waals surface area contributed by atoms with Gasteiger partial charge in [-0.2, -0.15) is 0 Å². The van der Waals surface area contributed by atoms with Gasteiger partial charge in [-0.1, -0.05) is 18.2 Å². The summed E-state index contributed by atoms with van der Waals surface area (Å²) in [5, 5.41) is 2.96. The van der Waals surface area contributed by atoms with Crippen molar-refractivity contribution in [3.05, 3.63) is 64.9 Å². The molecular weight excluding hydrogens is 370 g/mol. The predicted molar refractivity (Wildman–Crippen MR) is 105 cm³/mol. The van der Waals surface area contributed by atoms with Crippen LogP contribution in [-0.2, 0) is 9.59 Å². The first-order valence-corrected chi connectivity index (χ1v) is 9.72. The normalized spacial score (nSPS) is 22.9. The van der Waals surface area contributed by atoms with Crippen LogP contribution in [0.25, 0.3) is 0 Å². The van der Waals surface area contributed by atoms with Crippen molar-refractivity contribution in [1.82, 2.24) is 5.32 Å². The first-order chi connectivity index (χ1) is 14.1. The maximum Gasteiger partial charge on any atom is 0.231 e. The zero-order valence-electron chi connectivity index (χ0n) is 16.1. The van der Waals surface area contributed by atoms with E-state index in [1.54, 1.807) is 7.11 Å². The molecule has 0 saturated heterocycles. The lowest BCUT2D eigenvalue weighted by Gasteiger charge is -2.34. The standard InChI is InChI=1S/C23H21NO5/c1-27-16-5-2-13(3-6-16)15-8-18-23(19(25)9-15)17(11-22(26)24-18)14-4-7-20-21(10-14)29-12-28-20/h2-7,10,15,17H,8-9,11-12H2,1H3,(H,24,26)/t15-,17-/m1/s1. The summed E-state index contributed by atoms with van der Waals surface area (Å²) < 4.78 is 16.1. The van der Waals surface area contributed by atoms with Gasteiger partial charge in [-0.3, -0.25) is 9.59 Å². The predicted octanol–water partition coefficient (Wildman–Crippen LogP) is 3.43. The number of methoxy groups -OCH3 is 1. The molecule has 6 heteroatoms. The zero-order valence-corrected chi connectivity index (χ0v) is 16.1. The molecule has 0 saturated carbocycles. The Morgan fingerprint density at radius 3 is 2.48 bits per heavy atom. The quantitative estimate of drug-likeness (QED) is 0.868. The minimum absolute atomic E-state index is 0.0444. The Kier molecular flexibility index (Phi) is 4.27. The van der Waals surface area contributed by atoms with E-state index in [4.69, 9.17) is 14.2 Å². The van der Waals surface area contributed by atoms with Crippen molar-refractivity contribution in [1.29, 1.82) is 0 Å². The van der Waals surface area contributed by atoms with Crippen LogP contribution in [-0.4, -0.2) is 25.6 Å². The number of benzene rings is 2. The van der Waals surface area contributed by atoms with Crippen LogP contribution in [0, 0.1) is 0 Å². The van der Waals surface area contributed by atoms with Crippen LogP contribution in [0.2, 0.25) is 0 Å². The minimum Gasteiger partial charge on any atom is -0.497 e. The van der Waals surface area contributed by atoms with Crippen LogP contribution in [0.3, 0.4) is 0 Å². The molecule has 1 aliphatic carbocycles. The number of hydrogen-bond donors (Lipinski definition) is 1. The highest BCUT2D eigenvalue weighted by Crippen LogP contribution is 2.44. The number of ether oxygens (including phenoxy) is 3. The number of fused-ring (bicyclic) bond motifs is 1. The van der Waals surface area contributed by atoms with E-state index < -0.39 is 0 Å². The number of rotatable bonds is 3. The van der Waals surface area contributed by atoms with Crippen molar-refractivity contribution in [3.8, 4) is 17.2 Å². The molecule has 1 amide bonds. The molecule has 0 radical (unpaired) electrons. The van der Waals surface area contributed by atoms with Gasteiger partial charge in [0, 0.05) is 30.0 Å². The van der Waals surface area contributed by atoms with Gasteiger partial charge in [0.2, 0.25) is 12.7 Å². The fourth-order valence-corrected chi connectivity index (χ4v) is 4.49. The summed E-state index contributed by atoms with van der Waals surface area (Å²) in [4.78, 5) is 25.6. The first kappa shape index (κ1) is 17.8. The number of hydrogen-bond acceptors (Lipinski definition) is 5. The van der Waals surface area contributed by atoms with Gasteiger partial charge >= 0.3 is 0 Å². The third-order valence-corrected chi connectivity index (χ3v) is 5.92. The molecule has 1 N–H and O–H groups in total. The molecule has 0 unspecified atom stereocenters. The third-order valence-electron chi connectivity index (χ3n) is 5.92. The van der Waals surface area contributed by atoms with Crippen molar-refractivity contribution >= 4 is 11.7 Å². The Morgan fingerprint density at radius 2 is 1.69 bits per heavy atom. The lowest BCUT2D eigenvalue weighted by molar-refractivity contribution is -0.122. The molecule has 6 nitrogen and oxygen atoms in total. The van der Waals surface area contributed by atoms with Crippen molar-refractivity contribution < 1.29 is 23.8 Å². The second-order valence-corrected chi connectivity index (χ2v) is 7.61. The molecule has 29 heavy (non-hydrogen) atoms. The largest absolute Gasteiger partial charge is 0.497 e. The molecule has 148 valence electrons. The fourth-order valence-electron chi connectivity index (χ4n) is 4.49. The number of allylic oxidation sites excluding steroid dienone is 2. The van der Waals surface area contributed by atoms with E-state index in [0.717, 1.165) is 28.1 Å². The summed E-state index contributed by atoms with van der Waals surface area (Å²) in [6.45, 7) is 0.195. The molecule has 5 rings (SSSR count). The van der Waals surface area contributed by atoms with E-state index in [1.807, 2.05) is 42.5 Å². The van der Waals surface area contributed by atoms with Gasteiger partial charge in [-0.25, -0.2) is 0 Å². The molecule has 2 aromatic rings. The van der Waals surface area contributed by atoms with Gasteiger partial charge in [0.25, 0.3) is 0 Å². The average Bonchev–Trinajstić information content (AvgIpc) is 3.20. The SMILES string of the molecule is COc1ccc([C@H]2CC(=O)C3=C(C2)NC(=O)C[C@@H]3c2ccc3c(c2)OCO3)cc1. The van der Waals surface area contributed by atoms with Crippen molar-refractivity contribution in [2.24, 2.45) is 0 Å². The van der Waals surface area contributed by atoms with E-state index in [2.05, 4.69) is 5.32 Å². The molecule has 0 bridgehead atoms. The molecule has 0 fully saturated rings. The molecule has 3 aliphatic rings. The number of amides is 1. The molecule has 0 spiro atoms. The van der Waals surface area contributed by atoms with Crippen molar-refractivity contribution in [2.75, 3.05) is 13.9 Å². The van der Waals surface area contributed by atoms with E-state index in [0.29, 0.717) is 24.3 Å². The Hall–Kier alpha value is -3.28. The summed E-state index contributed by atoms with van der Waals surface area (Å²) in [5.41, 5.74) is 3.47. The van der Waals surface area contributed by atoms with Gasteiger partial charge in [-0.15, -0.1) is 0 Å². The number of ketones is 1. The summed E-state index contributed by atoms with van der Waals surface area (Å²) in [6, 6.07) is 13.4. The highest BCUT2D eigenvalue weighted by Gasteiger charge is 2.38. The van der Waals surface area contributed by atoms with E-state index in [9.17, 15) is 9.59 Å². The monoisotopic (exact) mass is 391 g/mol. The molecule has 2 aliphatic heterocycles. The Balaban J connectivity index is 1.48. The highest BCUT2D eigenvalue weighted by molar-refractivity contribution is 6.02. The van der Waals surface area contributed by atoms with Crippen LogP contribution in [0.4, 0.5) is 0 Å².